The van der Waals surface area contributed by atoms with E-state index in [9.17, 15) is 4.79 Å². The smallest absolute Gasteiger partial charge is 0.231 e. The number of carbonyl (C=O) groups excluding carboxylic acids is 1. The highest BCUT2D eigenvalue weighted by Gasteiger charge is 2.21. The summed E-state index contributed by atoms with van der Waals surface area (Å²) in [5.74, 6) is 2.10. The number of ether oxygens (including phenoxy) is 2. The molecule has 3 aromatic rings. The maximum atomic E-state index is 12.7. The van der Waals surface area contributed by atoms with E-state index in [1.54, 1.807) is 6.20 Å². The standard InChI is InChI=1S/C20H19N3O3/c1-23-10-9-21-20(23)19(15-5-3-2-4-6-15)22-18(24)12-14-7-8-16-17(11-14)26-13-25-16/h2-11,19H,12-13H2,1H3,(H,22,24). The molecule has 0 fully saturated rings. The first-order valence-corrected chi connectivity index (χ1v) is 8.41. The van der Waals surface area contributed by atoms with Crippen LogP contribution in [0.15, 0.2) is 60.9 Å². The molecule has 1 atom stereocenters. The van der Waals surface area contributed by atoms with Gasteiger partial charge in [0.15, 0.2) is 11.5 Å². The van der Waals surface area contributed by atoms with E-state index in [2.05, 4.69) is 10.3 Å². The van der Waals surface area contributed by atoms with E-state index in [-0.39, 0.29) is 25.2 Å². The van der Waals surface area contributed by atoms with Gasteiger partial charge in [0.25, 0.3) is 0 Å². The van der Waals surface area contributed by atoms with Crippen molar-refractivity contribution in [3.05, 3.63) is 77.9 Å². The predicted octanol–water partition coefficient (Wildman–Crippen LogP) is 2.60. The van der Waals surface area contributed by atoms with Gasteiger partial charge in [-0.05, 0) is 23.3 Å². The molecule has 132 valence electrons. The van der Waals surface area contributed by atoms with E-state index in [0.717, 1.165) is 17.0 Å². The Balaban J connectivity index is 1.54. The van der Waals surface area contributed by atoms with Gasteiger partial charge in [-0.1, -0.05) is 36.4 Å². The van der Waals surface area contributed by atoms with Gasteiger partial charge in [0.1, 0.15) is 11.9 Å². The first kappa shape index (κ1) is 16.2. The summed E-state index contributed by atoms with van der Waals surface area (Å²) in [6.07, 6.45) is 3.86. The summed E-state index contributed by atoms with van der Waals surface area (Å²) in [5, 5.41) is 3.10. The molecule has 26 heavy (non-hydrogen) atoms. The number of hydrogen-bond donors (Lipinski definition) is 1. The van der Waals surface area contributed by atoms with E-state index in [0.29, 0.717) is 11.5 Å². The molecule has 1 unspecified atom stereocenters. The van der Waals surface area contributed by atoms with Crippen LogP contribution in [-0.2, 0) is 18.3 Å². The first-order chi connectivity index (χ1) is 12.7. The summed E-state index contributed by atoms with van der Waals surface area (Å²) in [4.78, 5) is 17.1. The highest BCUT2D eigenvalue weighted by atomic mass is 16.7. The molecule has 6 nitrogen and oxygen atoms in total. The van der Waals surface area contributed by atoms with Crippen molar-refractivity contribution < 1.29 is 14.3 Å². The molecule has 1 aliphatic heterocycles. The van der Waals surface area contributed by atoms with Crippen LogP contribution in [0.1, 0.15) is 23.0 Å². The molecule has 1 aliphatic rings. The van der Waals surface area contributed by atoms with E-state index >= 15 is 0 Å². The van der Waals surface area contributed by atoms with Crippen molar-refractivity contribution in [3.8, 4) is 11.5 Å². The molecule has 0 radical (unpaired) electrons. The first-order valence-electron chi connectivity index (χ1n) is 8.41. The minimum atomic E-state index is -0.308. The normalized spacial score (nSPS) is 13.4. The number of fused-ring (bicyclic) bond motifs is 1. The van der Waals surface area contributed by atoms with Crippen LogP contribution in [0.25, 0.3) is 0 Å². The summed E-state index contributed by atoms with van der Waals surface area (Å²) < 4.78 is 12.6. The largest absolute Gasteiger partial charge is 0.454 e. The number of carbonyl (C=O) groups is 1. The Labute approximate surface area is 151 Å². The predicted molar refractivity (Wildman–Crippen MR) is 95.9 cm³/mol. The number of hydrogen-bond acceptors (Lipinski definition) is 4. The summed E-state index contributed by atoms with van der Waals surface area (Å²) in [7, 11) is 1.92. The lowest BCUT2D eigenvalue weighted by molar-refractivity contribution is -0.121. The third-order valence-electron chi connectivity index (χ3n) is 4.36. The Morgan fingerprint density at radius 1 is 1.19 bits per heavy atom. The van der Waals surface area contributed by atoms with Crippen molar-refractivity contribution in [3.63, 3.8) is 0 Å². The van der Waals surface area contributed by atoms with Gasteiger partial charge >= 0.3 is 0 Å². The highest BCUT2D eigenvalue weighted by molar-refractivity contribution is 5.79. The van der Waals surface area contributed by atoms with E-state index in [1.807, 2.05) is 66.3 Å². The molecular weight excluding hydrogens is 330 g/mol. The number of rotatable bonds is 5. The van der Waals surface area contributed by atoms with Gasteiger partial charge in [-0.25, -0.2) is 4.98 Å². The number of imidazole rings is 1. The van der Waals surface area contributed by atoms with Crippen LogP contribution in [0.5, 0.6) is 11.5 Å². The molecule has 4 rings (SSSR count). The molecule has 0 bridgehead atoms. The Morgan fingerprint density at radius 3 is 2.77 bits per heavy atom. The second kappa shape index (κ2) is 6.92. The molecule has 2 heterocycles. The van der Waals surface area contributed by atoms with Crippen LogP contribution in [-0.4, -0.2) is 22.3 Å². The zero-order valence-corrected chi connectivity index (χ0v) is 14.4. The molecular formula is C20H19N3O3. The number of nitrogens with zero attached hydrogens (tertiary/aromatic N) is 2. The molecule has 1 N–H and O–H groups in total. The third kappa shape index (κ3) is 3.26. The van der Waals surface area contributed by atoms with Crippen molar-refractivity contribution in [1.29, 1.82) is 0 Å². The minimum Gasteiger partial charge on any atom is -0.454 e. The van der Waals surface area contributed by atoms with Gasteiger partial charge < -0.3 is 19.4 Å². The number of amides is 1. The molecule has 0 spiro atoms. The van der Waals surface area contributed by atoms with E-state index in [4.69, 9.17) is 9.47 Å². The van der Waals surface area contributed by atoms with Crippen LogP contribution in [0, 0.1) is 0 Å². The molecule has 1 amide bonds. The number of aromatic nitrogens is 2. The quantitative estimate of drug-likeness (QED) is 0.769. The fraction of sp³-hybridized carbons (Fsp3) is 0.200. The Bertz CT molecular complexity index is 921. The van der Waals surface area contributed by atoms with Crippen molar-refractivity contribution in [2.45, 2.75) is 12.5 Å². The summed E-state index contributed by atoms with van der Waals surface area (Å²) in [5.41, 5.74) is 1.86. The zero-order valence-electron chi connectivity index (χ0n) is 14.4. The molecule has 2 aromatic carbocycles. The highest BCUT2D eigenvalue weighted by Crippen LogP contribution is 2.32. The Morgan fingerprint density at radius 2 is 2.00 bits per heavy atom. The van der Waals surface area contributed by atoms with Gasteiger partial charge in [-0.3, -0.25) is 4.79 Å². The van der Waals surface area contributed by atoms with Gasteiger partial charge in [0, 0.05) is 19.4 Å². The van der Waals surface area contributed by atoms with Crippen LogP contribution in [0.4, 0.5) is 0 Å². The van der Waals surface area contributed by atoms with Crippen LogP contribution < -0.4 is 14.8 Å². The van der Waals surface area contributed by atoms with Crippen LogP contribution in [0.3, 0.4) is 0 Å². The Kier molecular flexibility index (Phi) is 4.31. The third-order valence-corrected chi connectivity index (χ3v) is 4.36. The average molecular weight is 349 g/mol. The fourth-order valence-corrected chi connectivity index (χ4v) is 3.05. The summed E-state index contributed by atoms with van der Waals surface area (Å²) >= 11 is 0. The van der Waals surface area contributed by atoms with Gasteiger partial charge in [-0.15, -0.1) is 0 Å². The maximum absolute atomic E-state index is 12.7. The van der Waals surface area contributed by atoms with Crippen molar-refractivity contribution in [2.75, 3.05) is 6.79 Å². The lowest BCUT2D eigenvalue weighted by atomic mass is 10.1. The SMILES string of the molecule is Cn1ccnc1C(NC(=O)Cc1ccc2c(c1)OCO2)c1ccccc1. The van der Waals surface area contributed by atoms with Crippen molar-refractivity contribution >= 4 is 5.91 Å². The second-order valence-electron chi connectivity index (χ2n) is 6.17. The monoisotopic (exact) mass is 349 g/mol. The second-order valence-corrected chi connectivity index (χ2v) is 6.17. The maximum Gasteiger partial charge on any atom is 0.231 e. The number of aryl methyl sites for hydroxylation is 1. The molecule has 0 aliphatic carbocycles. The van der Waals surface area contributed by atoms with E-state index < -0.39 is 0 Å². The molecule has 0 saturated carbocycles. The summed E-state index contributed by atoms with van der Waals surface area (Å²) in [6.45, 7) is 0.222. The van der Waals surface area contributed by atoms with Crippen molar-refractivity contribution in [1.82, 2.24) is 14.9 Å². The molecule has 0 saturated heterocycles. The lowest BCUT2D eigenvalue weighted by Gasteiger charge is -2.19. The lowest BCUT2D eigenvalue weighted by Crippen LogP contribution is -2.32. The Hall–Kier alpha value is -3.28. The van der Waals surface area contributed by atoms with Crippen LogP contribution in [0.2, 0.25) is 0 Å². The molecule has 6 heteroatoms. The topological polar surface area (TPSA) is 65.4 Å². The van der Waals surface area contributed by atoms with Crippen molar-refractivity contribution in [2.24, 2.45) is 7.05 Å². The van der Waals surface area contributed by atoms with Gasteiger partial charge in [0.2, 0.25) is 12.7 Å². The van der Waals surface area contributed by atoms with E-state index in [1.165, 1.54) is 0 Å². The molecule has 1 aromatic heterocycles. The number of benzene rings is 2. The summed E-state index contributed by atoms with van der Waals surface area (Å²) in [6, 6.07) is 15.1. The van der Waals surface area contributed by atoms with Crippen LogP contribution >= 0.6 is 0 Å². The minimum absolute atomic E-state index is 0.0827. The number of nitrogens with one attached hydrogen (secondary N) is 1. The van der Waals surface area contributed by atoms with Gasteiger partial charge in [0.05, 0.1) is 6.42 Å². The zero-order chi connectivity index (χ0) is 17.9. The fourth-order valence-electron chi connectivity index (χ4n) is 3.05. The van der Waals surface area contributed by atoms with Gasteiger partial charge in [-0.2, -0.15) is 0 Å². The average Bonchev–Trinajstić information content (AvgIpc) is 3.29.